The molecule has 0 spiro atoms. The van der Waals surface area contributed by atoms with Gasteiger partial charge < -0.3 is 4.90 Å². The zero-order chi connectivity index (χ0) is 22.4. The van der Waals surface area contributed by atoms with Gasteiger partial charge in [0.2, 0.25) is 0 Å². The maximum atomic E-state index is 13.3. The van der Waals surface area contributed by atoms with Crippen LogP contribution < -0.4 is 5.56 Å². The van der Waals surface area contributed by atoms with Crippen LogP contribution in [-0.2, 0) is 13.0 Å². The number of H-pyrrole nitrogens is 1. The molecule has 1 atom stereocenters. The van der Waals surface area contributed by atoms with Crippen molar-refractivity contribution in [1.29, 1.82) is 0 Å². The molecule has 4 heterocycles. The molecule has 5 rings (SSSR count). The van der Waals surface area contributed by atoms with Gasteiger partial charge in [-0.2, -0.15) is 0 Å². The summed E-state index contributed by atoms with van der Waals surface area (Å²) in [7, 11) is 0. The molecule has 1 fully saturated rings. The molecule has 1 aromatic carbocycles. The number of benzene rings is 1. The summed E-state index contributed by atoms with van der Waals surface area (Å²) in [6, 6.07) is 10.0. The number of aromatic amines is 1. The third kappa shape index (κ3) is 3.64. The fraction of sp³-hybridized carbons (Fsp3) is 0.480. The van der Waals surface area contributed by atoms with Gasteiger partial charge in [0.05, 0.1) is 23.0 Å². The van der Waals surface area contributed by atoms with Crippen molar-refractivity contribution >= 4 is 11.6 Å². The van der Waals surface area contributed by atoms with Crippen LogP contribution in [0.2, 0.25) is 0 Å². The van der Waals surface area contributed by atoms with E-state index in [9.17, 15) is 9.59 Å². The molecule has 32 heavy (non-hydrogen) atoms. The van der Waals surface area contributed by atoms with E-state index in [-0.39, 0.29) is 17.5 Å². The van der Waals surface area contributed by atoms with Crippen LogP contribution in [-0.4, -0.2) is 49.4 Å². The molecule has 0 aliphatic carbocycles. The average Bonchev–Trinajstić information content (AvgIpc) is 3.23. The molecule has 2 aromatic heterocycles. The number of piperidine rings is 1. The number of nitrogens with one attached hydrogen (secondary N) is 1. The van der Waals surface area contributed by atoms with Crippen molar-refractivity contribution in [2.24, 2.45) is 0 Å². The summed E-state index contributed by atoms with van der Waals surface area (Å²) in [6.07, 6.45) is 3.72. The van der Waals surface area contributed by atoms with E-state index in [1.54, 1.807) is 4.52 Å². The predicted octanol–water partition coefficient (Wildman–Crippen LogP) is 3.46. The van der Waals surface area contributed by atoms with Gasteiger partial charge in [-0.15, -0.1) is 0 Å². The van der Waals surface area contributed by atoms with Crippen molar-refractivity contribution in [3.05, 3.63) is 68.8 Å². The first-order chi connectivity index (χ1) is 15.4. The van der Waals surface area contributed by atoms with E-state index < -0.39 is 0 Å². The second-order valence-corrected chi connectivity index (χ2v) is 9.44. The molecule has 2 aliphatic rings. The lowest BCUT2D eigenvalue weighted by Gasteiger charge is -2.35. The number of nitrogens with zero attached hydrogens (tertiary/aromatic N) is 4. The number of amides is 1. The summed E-state index contributed by atoms with van der Waals surface area (Å²) < 4.78 is 1.57. The van der Waals surface area contributed by atoms with Gasteiger partial charge in [-0.1, -0.05) is 17.7 Å². The standard InChI is InChI=1S/C25H31N5O2/c1-16(2)28-13-11-20-19(15-28)25(32)30-23(26-20)14-21(27-30)22-6-4-5-12-29(22)24(31)18-9-7-17(3)8-10-18/h7-10,14,16,22,27H,4-6,11-13,15H2,1-3H3. The molecule has 0 bridgehead atoms. The third-order valence-corrected chi connectivity index (χ3v) is 6.96. The molecule has 1 amide bonds. The minimum Gasteiger partial charge on any atom is -0.330 e. The first-order valence-electron chi connectivity index (χ1n) is 11.7. The maximum Gasteiger partial charge on any atom is 0.277 e. The van der Waals surface area contributed by atoms with E-state index in [0.29, 0.717) is 23.8 Å². The molecular weight excluding hydrogens is 402 g/mol. The van der Waals surface area contributed by atoms with Gasteiger partial charge in [-0.3, -0.25) is 19.6 Å². The lowest BCUT2D eigenvalue weighted by atomic mass is 9.98. The Labute approximate surface area is 188 Å². The molecule has 0 radical (unpaired) electrons. The number of fused-ring (bicyclic) bond motifs is 2. The molecule has 7 heteroatoms. The molecule has 1 unspecified atom stereocenters. The second-order valence-electron chi connectivity index (χ2n) is 9.44. The lowest BCUT2D eigenvalue weighted by Crippen LogP contribution is -2.40. The summed E-state index contributed by atoms with van der Waals surface area (Å²) in [4.78, 5) is 35.7. The number of aromatic nitrogens is 3. The Kier molecular flexibility index (Phi) is 5.37. The van der Waals surface area contributed by atoms with Crippen LogP contribution in [0.25, 0.3) is 5.65 Å². The quantitative estimate of drug-likeness (QED) is 0.687. The van der Waals surface area contributed by atoms with Crippen LogP contribution in [0.5, 0.6) is 0 Å². The van der Waals surface area contributed by atoms with Crippen LogP contribution in [0.1, 0.15) is 72.0 Å². The number of carbonyl (C=O) groups is 1. The largest absolute Gasteiger partial charge is 0.330 e. The van der Waals surface area contributed by atoms with E-state index in [0.717, 1.165) is 61.3 Å². The number of hydrogen-bond donors (Lipinski definition) is 1. The van der Waals surface area contributed by atoms with E-state index in [1.165, 1.54) is 0 Å². The Balaban J connectivity index is 1.50. The Morgan fingerprint density at radius 1 is 1.16 bits per heavy atom. The number of aryl methyl sites for hydroxylation is 1. The number of rotatable bonds is 3. The fourth-order valence-electron chi connectivity index (χ4n) is 4.99. The minimum absolute atomic E-state index is 0.0196. The smallest absolute Gasteiger partial charge is 0.277 e. The van der Waals surface area contributed by atoms with E-state index >= 15 is 0 Å². The van der Waals surface area contributed by atoms with Gasteiger partial charge in [-0.05, 0) is 52.2 Å². The zero-order valence-electron chi connectivity index (χ0n) is 19.1. The maximum absolute atomic E-state index is 13.3. The molecule has 1 N–H and O–H groups in total. The third-order valence-electron chi connectivity index (χ3n) is 6.96. The van der Waals surface area contributed by atoms with Gasteiger partial charge in [0, 0.05) is 43.7 Å². The van der Waals surface area contributed by atoms with Gasteiger partial charge >= 0.3 is 0 Å². The highest BCUT2D eigenvalue weighted by molar-refractivity contribution is 5.94. The van der Waals surface area contributed by atoms with Crippen LogP contribution in [0.15, 0.2) is 35.1 Å². The summed E-state index contributed by atoms with van der Waals surface area (Å²) in [6.45, 7) is 8.61. The highest BCUT2D eigenvalue weighted by atomic mass is 16.2. The Morgan fingerprint density at radius 3 is 2.69 bits per heavy atom. The van der Waals surface area contributed by atoms with Gasteiger partial charge in [0.1, 0.15) is 0 Å². The average molecular weight is 434 g/mol. The molecule has 7 nitrogen and oxygen atoms in total. The Bertz CT molecular complexity index is 1210. The fourth-order valence-corrected chi connectivity index (χ4v) is 4.99. The van der Waals surface area contributed by atoms with Crippen LogP contribution in [0.4, 0.5) is 0 Å². The van der Waals surface area contributed by atoms with Crippen molar-refractivity contribution < 1.29 is 4.79 Å². The normalized spacial score (nSPS) is 19.5. The molecular formula is C25H31N5O2. The molecule has 168 valence electrons. The SMILES string of the molecule is Cc1ccc(C(=O)N2CCCCC2c2cc3nc4c(c(=O)n3[nH]2)CN(C(C)C)CC4)cc1. The zero-order valence-corrected chi connectivity index (χ0v) is 19.1. The summed E-state index contributed by atoms with van der Waals surface area (Å²) in [5, 5.41) is 3.30. The van der Waals surface area contributed by atoms with Crippen molar-refractivity contribution in [2.45, 2.75) is 65.1 Å². The highest BCUT2D eigenvalue weighted by Crippen LogP contribution is 2.32. The van der Waals surface area contributed by atoms with E-state index in [2.05, 4.69) is 23.8 Å². The minimum atomic E-state index is -0.0807. The number of hydrogen-bond acceptors (Lipinski definition) is 4. The van der Waals surface area contributed by atoms with Gasteiger partial charge in [0.15, 0.2) is 5.65 Å². The molecule has 1 saturated heterocycles. The van der Waals surface area contributed by atoms with Gasteiger partial charge in [0.25, 0.3) is 11.5 Å². The number of carbonyl (C=O) groups excluding carboxylic acids is 1. The summed E-state index contributed by atoms with van der Waals surface area (Å²) >= 11 is 0. The number of likely N-dealkylation sites (tertiary alicyclic amines) is 1. The summed E-state index contributed by atoms with van der Waals surface area (Å²) in [5.74, 6) is 0.0422. The first-order valence-corrected chi connectivity index (χ1v) is 11.7. The molecule has 3 aromatic rings. The summed E-state index contributed by atoms with van der Waals surface area (Å²) in [5.41, 5.74) is 5.05. The monoisotopic (exact) mass is 433 g/mol. The highest BCUT2D eigenvalue weighted by Gasteiger charge is 2.31. The second kappa shape index (κ2) is 8.20. The van der Waals surface area contributed by atoms with Crippen molar-refractivity contribution in [3.8, 4) is 0 Å². The molecule has 2 aliphatic heterocycles. The van der Waals surface area contributed by atoms with E-state index in [4.69, 9.17) is 4.98 Å². The van der Waals surface area contributed by atoms with Crippen molar-refractivity contribution in [3.63, 3.8) is 0 Å². The van der Waals surface area contributed by atoms with Gasteiger partial charge in [-0.25, -0.2) is 9.50 Å². The Hall–Kier alpha value is -2.93. The van der Waals surface area contributed by atoms with Crippen molar-refractivity contribution in [1.82, 2.24) is 24.4 Å². The van der Waals surface area contributed by atoms with E-state index in [1.807, 2.05) is 42.2 Å². The predicted molar refractivity (Wildman–Crippen MR) is 124 cm³/mol. The first kappa shape index (κ1) is 20.9. The molecule has 0 saturated carbocycles. The topological polar surface area (TPSA) is 73.7 Å². The van der Waals surface area contributed by atoms with Crippen LogP contribution in [0.3, 0.4) is 0 Å². The lowest BCUT2D eigenvalue weighted by molar-refractivity contribution is 0.0605. The Morgan fingerprint density at radius 2 is 1.94 bits per heavy atom. The van der Waals surface area contributed by atoms with Crippen molar-refractivity contribution in [2.75, 3.05) is 13.1 Å². The van der Waals surface area contributed by atoms with Crippen LogP contribution >= 0.6 is 0 Å². The van der Waals surface area contributed by atoms with Crippen LogP contribution in [0, 0.1) is 6.92 Å².